The number of carbonyl (C=O) groups is 2. The average Bonchev–Trinajstić information content (AvgIpc) is 2.78. The molecule has 0 atom stereocenters. The highest BCUT2D eigenvalue weighted by Crippen LogP contribution is 2.41. The minimum atomic E-state index is -3.75. The standard InChI is InChI=1S/C16H16N2O5S2/c19-14(17-7-8-24-10-15(20)21)9-18-12-5-1-3-11-4-2-6-13(16(11)12)25(18,22)23/h1-6H,7-10H2,(H,17,19)(H,20,21). The predicted octanol–water partition coefficient (Wildman–Crippen LogP) is 1.28. The number of carboxylic acid groups (broad SMARTS) is 1. The summed E-state index contributed by atoms with van der Waals surface area (Å²) in [5.74, 6) is -0.927. The number of thioether (sulfide) groups is 1. The molecule has 1 amide bonds. The van der Waals surface area contributed by atoms with E-state index in [1.54, 1.807) is 24.3 Å². The maximum atomic E-state index is 12.7. The molecule has 0 spiro atoms. The number of benzene rings is 2. The van der Waals surface area contributed by atoms with Crippen LogP contribution in [0.3, 0.4) is 0 Å². The average molecular weight is 380 g/mol. The summed E-state index contributed by atoms with van der Waals surface area (Å²) in [6, 6.07) is 10.3. The van der Waals surface area contributed by atoms with Crippen molar-refractivity contribution in [2.45, 2.75) is 4.90 Å². The maximum Gasteiger partial charge on any atom is 0.313 e. The molecule has 132 valence electrons. The van der Waals surface area contributed by atoms with E-state index in [1.165, 1.54) is 11.8 Å². The number of carboxylic acids is 1. The van der Waals surface area contributed by atoms with Gasteiger partial charge in [0.15, 0.2) is 0 Å². The molecule has 2 aromatic carbocycles. The van der Waals surface area contributed by atoms with E-state index in [-0.39, 0.29) is 23.7 Å². The van der Waals surface area contributed by atoms with Gasteiger partial charge in [-0.1, -0.05) is 24.3 Å². The monoisotopic (exact) mass is 380 g/mol. The molecule has 0 aliphatic carbocycles. The highest BCUT2D eigenvalue weighted by molar-refractivity contribution is 7.99. The molecule has 0 unspecified atom stereocenters. The van der Waals surface area contributed by atoms with Crippen molar-refractivity contribution in [1.82, 2.24) is 5.32 Å². The summed E-state index contributed by atoms with van der Waals surface area (Å²) in [5.41, 5.74) is 0.503. The molecular weight excluding hydrogens is 364 g/mol. The lowest BCUT2D eigenvalue weighted by molar-refractivity contribution is -0.133. The Kier molecular flexibility index (Phi) is 4.87. The lowest BCUT2D eigenvalue weighted by atomic mass is 10.1. The Morgan fingerprint density at radius 2 is 1.88 bits per heavy atom. The first-order chi connectivity index (χ1) is 11.9. The first-order valence-corrected chi connectivity index (χ1v) is 10.1. The molecule has 2 aromatic rings. The summed E-state index contributed by atoms with van der Waals surface area (Å²) < 4.78 is 26.6. The molecule has 25 heavy (non-hydrogen) atoms. The second kappa shape index (κ2) is 6.93. The molecule has 0 saturated carbocycles. The molecule has 0 fully saturated rings. The fraction of sp³-hybridized carbons (Fsp3) is 0.250. The summed E-state index contributed by atoms with van der Waals surface area (Å²) in [6.45, 7) is -0.0262. The van der Waals surface area contributed by atoms with E-state index in [1.807, 2.05) is 12.1 Å². The van der Waals surface area contributed by atoms with Crippen LogP contribution in [0.1, 0.15) is 0 Å². The lowest BCUT2D eigenvalue weighted by Crippen LogP contribution is -2.39. The van der Waals surface area contributed by atoms with Crippen LogP contribution in [0.4, 0.5) is 5.69 Å². The van der Waals surface area contributed by atoms with Gasteiger partial charge in [0.05, 0.1) is 16.3 Å². The number of amides is 1. The molecule has 9 heteroatoms. The second-order valence-electron chi connectivity index (χ2n) is 5.44. The van der Waals surface area contributed by atoms with Crippen LogP contribution in [-0.2, 0) is 19.6 Å². The third kappa shape index (κ3) is 3.42. The molecule has 1 aliphatic heterocycles. The Hall–Kier alpha value is -2.26. The van der Waals surface area contributed by atoms with Crippen LogP contribution in [0, 0.1) is 0 Å². The topological polar surface area (TPSA) is 104 Å². The van der Waals surface area contributed by atoms with Crippen molar-refractivity contribution >= 4 is 50.1 Å². The third-order valence-corrected chi connectivity index (χ3v) is 6.51. The van der Waals surface area contributed by atoms with Gasteiger partial charge in [0.1, 0.15) is 6.54 Å². The van der Waals surface area contributed by atoms with Crippen LogP contribution in [0.5, 0.6) is 0 Å². The highest BCUT2D eigenvalue weighted by atomic mass is 32.2. The van der Waals surface area contributed by atoms with Gasteiger partial charge < -0.3 is 10.4 Å². The van der Waals surface area contributed by atoms with Gasteiger partial charge in [-0.3, -0.25) is 13.9 Å². The van der Waals surface area contributed by atoms with Gasteiger partial charge in [-0.15, -0.1) is 11.8 Å². The van der Waals surface area contributed by atoms with Crippen molar-refractivity contribution in [3.8, 4) is 0 Å². The zero-order chi connectivity index (χ0) is 18.0. The van der Waals surface area contributed by atoms with Gasteiger partial charge in [0.25, 0.3) is 10.0 Å². The maximum absolute atomic E-state index is 12.7. The Labute approximate surface area is 149 Å². The van der Waals surface area contributed by atoms with E-state index in [0.717, 1.165) is 9.69 Å². The van der Waals surface area contributed by atoms with Gasteiger partial charge >= 0.3 is 5.97 Å². The van der Waals surface area contributed by atoms with Crippen LogP contribution in [0.2, 0.25) is 0 Å². The minimum Gasteiger partial charge on any atom is -0.481 e. The molecule has 0 bridgehead atoms. The van der Waals surface area contributed by atoms with Crippen molar-refractivity contribution in [3.63, 3.8) is 0 Å². The van der Waals surface area contributed by atoms with E-state index in [0.29, 0.717) is 16.8 Å². The number of hydrogen-bond acceptors (Lipinski definition) is 5. The Bertz CT molecular complexity index is 937. The zero-order valence-corrected chi connectivity index (χ0v) is 14.8. The number of anilines is 1. The largest absolute Gasteiger partial charge is 0.481 e. The van der Waals surface area contributed by atoms with Crippen LogP contribution < -0.4 is 9.62 Å². The summed E-state index contributed by atoms with van der Waals surface area (Å²) in [5, 5.41) is 12.6. The van der Waals surface area contributed by atoms with E-state index in [9.17, 15) is 18.0 Å². The van der Waals surface area contributed by atoms with Crippen LogP contribution in [-0.4, -0.2) is 50.0 Å². The second-order valence-corrected chi connectivity index (χ2v) is 8.38. The fourth-order valence-electron chi connectivity index (χ4n) is 2.74. The van der Waals surface area contributed by atoms with Crippen LogP contribution >= 0.6 is 11.8 Å². The van der Waals surface area contributed by atoms with Crippen molar-refractivity contribution in [2.24, 2.45) is 0 Å². The van der Waals surface area contributed by atoms with Crippen molar-refractivity contribution in [1.29, 1.82) is 0 Å². The number of aliphatic carboxylic acids is 1. The Morgan fingerprint density at radius 1 is 1.16 bits per heavy atom. The van der Waals surface area contributed by atoms with E-state index < -0.39 is 21.9 Å². The van der Waals surface area contributed by atoms with Gasteiger partial charge in [0, 0.05) is 17.7 Å². The van der Waals surface area contributed by atoms with Crippen molar-refractivity contribution in [3.05, 3.63) is 36.4 Å². The number of rotatable bonds is 7. The molecule has 0 aromatic heterocycles. The number of hydrogen-bond donors (Lipinski definition) is 2. The fourth-order valence-corrected chi connectivity index (χ4v) is 4.97. The summed E-state index contributed by atoms with van der Waals surface area (Å²) in [7, 11) is -3.75. The Morgan fingerprint density at radius 3 is 2.60 bits per heavy atom. The third-order valence-electron chi connectivity index (χ3n) is 3.76. The lowest BCUT2D eigenvalue weighted by Gasteiger charge is -2.18. The zero-order valence-electron chi connectivity index (χ0n) is 13.1. The van der Waals surface area contributed by atoms with Crippen molar-refractivity contribution < 1.29 is 23.1 Å². The van der Waals surface area contributed by atoms with Crippen LogP contribution in [0.15, 0.2) is 41.3 Å². The number of carbonyl (C=O) groups excluding carboxylic acids is 1. The molecular formula is C16H16N2O5S2. The van der Waals surface area contributed by atoms with Gasteiger partial charge in [-0.25, -0.2) is 8.42 Å². The molecule has 2 N–H and O–H groups in total. The molecule has 0 radical (unpaired) electrons. The first kappa shape index (κ1) is 17.6. The minimum absolute atomic E-state index is 0.0340. The molecule has 7 nitrogen and oxygen atoms in total. The highest BCUT2D eigenvalue weighted by Gasteiger charge is 2.36. The van der Waals surface area contributed by atoms with Crippen LogP contribution in [0.25, 0.3) is 10.8 Å². The van der Waals surface area contributed by atoms with E-state index in [4.69, 9.17) is 5.11 Å². The Balaban J connectivity index is 1.71. The first-order valence-electron chi connectivity index (χ1n) is 7.52. The SMILES string of the molecule is O=C(O)CSCCNC(=O)CN1c2cccc3cccc(c23)S1(=O)=O. The quantitative estimate of drug-likeness (QED) is 0.702. The van der Waals surface area contributed by atoms with Gasteiger partial charge in [-0.05, 0) is 17.5 Å². The smallest absolute Gasteiger partial charge is 0.313 e. The number of nitrogens with one attached hydrogen (secondary N) is 1. The van der Waals surface area contributed by atoms with Gasteiger partial charge in [0.2, 0.25) is 5.91 Å². The normalized spacial score (nSPS) is 14.6. The number of sulfonamides is 1. The molecule has 3 rings (SSSR count). The summed E-state index contributed by atoms with van der Waals surface area (Å²) in [6.07, 6.45) is 0. The molecule has 1 aliphatic rings. The molecule has 1 heterocycles. The summed E-state index contributed by atoms with van der Waals surface area (Å²) >= 11 is 1.19. The van der Waals surface area contributed by atoms with E-state index >= 15 is 0 Å². The van der Waals surface area contributed by atoms with E-state index in [2.05, 4.69) is 5.32 Å². The number of nitrogens with zero attached hydrogens (tertiary/aromatic N) is 1. The predicted molar refractivity (Wildman–Crippen MR) is 96.5 cm³/mol. The van der Waals surface area contributed by atoms with Gasteiger partial charge in [-0.2, -0.15) is 0 Å². The summed E-state index contributed by atoms with van der Waals surface area (Å²) in [4.78, 5) is 22.7. The van der Waals surface area contributed by atoms with Crippen molar-refractivity contribution in [2.75, 3.05) is 28.9 Å². The molecule has 0 saturated heterocycles.